The molecule has 2 heterocycles. The Labute approximate surface area is 120 Å². The first kappa shape index (κ1) is 14.5. The van der Waals surface area contributed by atoms with E-state index in [2.05, 4.69) is 10.6 Å². The minimum absolute atomic E-state index is 0.0684. The molecule has 2 amide bonds. The van der Waals surface area contributed by atoms with Gasteiger partial charge in [-0.25, -0.2) is 4.79 Å². The zero-order chi connectivity index (χ0) is 14.7. The summed E-state index contributed by atoms with van der Waals surface area (Å²) < 4.78 is 4.91. The third kappa shape index (κ3) is 3.16. The molecule has 1 aromatic rings. The highest BCUT2D eigenvalue weighted by Crippen LogP contribution is 2.12. The summed E-state index contributed by atoms with van der Waals surface area (Å²) >= 11 is 1.31. The Morgan fingerprint density at radius 2 is 2.15 bits per heavy atom. The van der Waals surface area contributed by atoms with Crippen molar-refractivity contribution in [2.45, 2.75) is 25.9 Å². The largest absolute Gasteiger partial charge is 0.462 e. The summed E-state index contributed by atoms with van der Waals surface area (Å²) in [6.45, 7) is 3.53. The van der Waals surface area contributed by atoms with Crippen LogP contribution in [0.2, 0.25) is 0 Å². The fraction of sp³-hybridized carbons (Fsp3) is 0.462. The minimum atomic E-state index is -0.825. The maximum absolute atomic E-state index is 12.0. The minimum Gasteiger partial charge on any atom is -0.462 e. The summed E-state index contributed by atoms with van der Waals surface area (Å²) in [5.41, 5.74) is 0. The second kappa shape index (κ2) is 6.04. The number of nitrogens with one attached hydrogen (secondary N) is 2. The van der Waals surface area contributed by atoms with Crippen molar-refractivity contribution in [1.82, 2.24) is 10.6 Å². The molecule has 7 heteroatoms. The van der Waals surface area contributed by atoms with E-state index in [4.69, 9.17) is 4.74 Å². The lowest BCUT2D eigenvalue weighted by atomic mass is 10.1. The van der Waals surface area contributed by atoms with Gasteiger partial charge in [0.1, 0.15) is 6.61 Å². The molecule has 0 aromatic carbocycles. The standard InChI is InChI=1S/C13H16N2O4S/c1-7(2)11(16)15-10-8(6-19-13(10)18)14-12(17)9-4-3-5-20-9/h3-5,7-8,10H,6H2,1-2H3,(H,14,17)(H,15,16)/t8?,10-/m0/s1. The summed E-state index contributed by atoms with van der Waals surface area (Å²) in [6.07, 6.45) is 0. The lowest BCUT2D eigenvalue weighted by Gasteiger charge is -2.18. The second-order valence-corrected chi connectivity index (χ2v) is 5.78. The fourth-order valence-electron chi connectivity index (χ4n) is 1.77. The normalized spacial score (nSPS) is 21.6. The highest BCUT2D eigenvalue weighted by molar-refractivity contribution is 7.12. The average molecular weight is 296 g/mol. The number of cyclic esters (lactones) is 1. The van der Waals surface area contributed by atoms with Gasteiger partial charge >= 0.3 is 5.97 Å². The van der Waals surface area contributed by atoms with E-state index in [1.807, 2.05) is 0 Å². The third-order valence-corrected chi connectivity index (χ3v) is 3.81. The van der Waals surface area contributed by atoms with Crippen molar-refractivity contribution in [2.75, 3.05) is 6.61 Å². The smallest absolute Gasteiger partial charge is 0.331 e. The first-order valence-electron chi connectivity index (χ1n) is 6.30. The number of carbonyl (C=O) groups excluding carboxylic acids is 3. The van der Waals surface area contributed by atoms with Gasteiger partial charge in [-0.1, -0.05) is 19.9 Å². The number of rotatable bonds is 4. The quantitative estimate of drug-likeness (QED) is 0.794. The van der Waals surface area contributed by atoms with Gasteiger partial charge in [-0.2, -0.15) is 0 Å². The molecule has 0 saturated carbocycles. The van der Waals surface area contributed by atoms with Gasteiger partial charge in [0.15, 0.2) is 6.04 Å². The number of amides is 2. The zero-order valence-corrected chi connectivity index (χ0v) is 12.0. The monoisotopic (exact) mass is 296 g/mol. The predicted octanol–water partition coefficient (Wildman–Crippen LogP) is 0.544. The molecular weight excluding hydrogens is 280 g/mol. The molecule has 0 spiro atoms. The van der Waals surface area contributed by atoms with Crippen LogP contribution < -0.4 is 10.6 Å². The van der Waals surface area contributed by atoms with Gasteiger partial charge in [0.2, 0.25) is 5.91 Å². The number of esters is 1. The molecule has 2 rings (SSSR count). The molecule has 1 aliphatic heterocycles. The molecule has 0 bridgehead atoms. The summed E-state index contributed by atoms with van der Waals surface area (Å²) in [4.78, 5) is 35.8. The lowest BCUT2D eigenvalue weighted by Crippen LogP contribution is -2.53. The van der Waals surface area contributed by atoms with E-state index in [9.17, 15) is 14.4 Å². The van der Waals surface area contributed by atoms with Gasteiger partial charge < -0.3 is 15.4 Å². The zero-order valence-electron chi connectivity index (χ0n) is 11.2. The van der Waals surface area contributed by atoms with E-state index in [1.165, 1.54) is 11.3 Å². The maximum atomic E-state index is 12.0. The Morgan fingerprint density at radius 3 is 2.75 bits per heavy atom. The van der Waals surface area contributed by atoms with Crippen LogP contribution in [0.4, 0.5) is 0 Å². The van der Waals surface area contributed by atoms with Crippen LogP contribution in [0.25, 0.3) is 0 Å². The lowest BCUT2D eigenvalue weighted by molar-refractivity contribution is -0.141. The van der Waals surface area contributed by atoms with E-state index in [1.54, 1.807) is 31.4 Å². The number of ether oxygens (including phenoxy) is 1. The van der Waals surface area contributed by atoms with E-state index in [0.29, 0.717) is 4.88 Å². The molecular formula is C13H16N2O4S. The Bertz CT molecular complexity index is 512. The van der Waals surface area contributed by atoms with Crippen molar-refractivity contribution < 1.29 is 19.1 Å². The van der Waals surface area contributed by atoms with Crippen LogP contribution in [0.15, 0.2) is 17.5 Å². The predicted molar refractivity (Wildman–Crippen MR) is 73.3 cm³/mol. The molecule has 1 aromatic heterocycles. The molecule has 1 aliphatic rings. The number of carbonyl (C=O) groups is 3. The molecule has 2 atom stereocenters. The van der Waals surface area contributed by atoms with Gasteiger partial charge in [-0.05, 0) is 11.4 Å². The summed E-state index contributed by atoms with van der Waals surface area (Å²) in [6, 6.07) is 2.10. The molecule has 1 unspecified atom stereocenters. The molecule has 0 aliphatic carbocycles. The van der Waals surface area contributed by atoms with Gasteiger partial charge in [0.25, 0.3) is 5.91 Å². The van der Waals surface area contributed by atoms with Crippen molar-refractivity contribution >= 4 is 29.1 Å². The van der Waals surface area contributed by atoms with Crippen molar-refractivity contribution in [3.63, 3.8) is 0 Å². The van der Waals surface area contributed by atoms with Crippen LogP contribution in [-0.4, -0.2) is 36.5 Å². The molecule has 1 saturated heterocycles. The maximum Gasteiger partial charge on any atom is 0.331 e. The Kier molecular flexibility index (Phi) is 4.39. The van der Waals surface area contributed by atoms with Gasteiger partial charge in [-0.15, -0.1) is 11.3 Å². The first-order valence-corrected chi connectivity index (χ1v) is 7.18. The average Bonchev–Trinajstić information content (AvgIpc) is 3.03. The SMILES string of the molecule is CC(C)C(=O)N[C@@H]1C(=O)OCC1NC(=O)c1cccs1. The van der Waals surface area contributed by atoms with Gasteiger partial charge in [0.05, 0.1) is 10.9 Å². The van der Waals surface area contributed by atoms with Crippen LogP contribution in [0.5, 0.6) is 0 Å². The van der Waals surface area contributed by atoms with Crippen molar-refractivity contribution in [2.24, 2.45) is 5.92 Å². The summed E-state index contributed by atoms with van der Waals surface area (Å²) in [7, 11) is 0. The van der Waals surface area contributed by atoms with Crippen LogP contribution in [0, 0.1) is 5.92 Å². The highest BCUT2D eigenvalue weighted by atomic mass is 32.1. The van der Waals surface area contributed by atoms with Crippen LogP contribution >= 0.6 is 11.3 Å². The second-order valence-electron chi connectivity index (χ2n) is 4.83. The fourth-order valence-corrected chi connectivity index (χ4v) is 2.40. The molecule has 108 valence electrons. The van der Waals surface area contributed by atoms with Gasteiger partial charge in [-0.3, -0.25) is 9.59 Å². The van der Waals surface area contributed by atoms with E-state index < -0.39 is 18.1 Å². The topological polar surface area (TPSA) is 84.5 Å². The number of hydrogen-bond donors (Lipinski definition) is 2. The van der Waals surface area contributed by atoms with Crippen LogP contribution in [0.1, 0.15) is 23.5 Å². The molecule has 20 heavy (non-hydrogen) atoms. The van der Waals surface area contributed by atoms with E-state index >= 15 is 0 Å². The molecule has 6 nitrogen and oxygen atoms in total. The molecule has 0 radical (unpaired) electrons. The number of hydrogen-bond acceptors (Lipinski definition) is 5. The van der Waals surface area contributed by atoms with Gasteiger partial charge in [0, 0.05) is 5.92 Å². The molecule has 1 fully saturated rings. The van der Waals surface area contributed by atoms with Crippen molar-refractivity contribution in [1.29, 1.82) is 0 Å². The van der Waals surface area contributed by atoms with Crippen molar-refractivity contribution in [3.8, 4) is 0 Å². The van der Waals surface area contributed by atoms with E-state index in [-0.39, 0.29) is 24.3 Å². The van der Waals surface area contributed by atoms with E-state index in [0.717, 1.165) is 0 Å². The summed E-state index contributed by atoms with van der Waals surface area (Å²) in [5.74, 6) is -1.27. The third-order valence-electron chi connectivity index (χ3n) is 2.95. The summed E-state index contributed by atoms with van der Waals surface area (Å²) in [5, 5.41) is 7.12. The highest BCUT2D eigenvalue weighted by Gasteiger charge is 2.39. The Morgan fingerprint density at radius 1 is 1.40 bits per heavy atom. The first-order chi connectivity index (χ1) is 9.49. The van der Waals surface area contributed by atoms with Crippen LogP contribution in [-0.2, 0) is 14.3 Å². The number of thiophene rings is 1. The molecule has 2 N–H and O–H groups in total. The Balaban J connectivity index is 2.01. The van der Waals surface area contributed by atoms with Crippen LogP contribution in [0.3, 0.4) is 0 Å². The van der Waals surface area contributed by atoms with Crippen molar-refractivity contribution in [3.05, 3.63) is 22.4 Å². The Hall–Kier alpha value is -1.89.